The van der Waals surface area contributed by atoms with E-state index in [2.05, 4.69) is 32.3 Å². The van der Waals surface area contributed by atoms with E-state index in [0.717, 1.165) is 32.1 Å². The predicted molar refractivity (Wildman–Crippen MR) is 85.5 cm³/mol. The summed E-state index contributed by atoms with van der Waals surface area (Å²) in [5.74, 6) is 0. The van der Waals surface area contributed by atoms with Crippen molar-refractivity contribution in [1.82, 2.24) is 4.98 Å². The van der Waals surface area contributed by atoms with Gasteiger partial charge in [0.2, 0.25) is 0 Å². The Balaban J connectivity index is 1.80. The van der Waals surface area contributed by atoms with Gasteiger partial charge in [-0.15, -0.1) is 0 Å². The van der Waals surface area contributed by atoms with Gasteiger partial charge in [-0.25, -0.2) is 4.98 Å². The average Bonchev–Trinajstić information content (AvgIpc) is 2.79. The number of nitrogens with zero attached hydrogens (tertiary/aromatic N) is 1. The number of nitrogens with two attached hydrogens (primary N) is 1. The van der Waals surface area contributed by atoms with Gasteiger partial charge in [-0.05, 0) is 29.8 Å². The maximum Gasteiger partial charge on any atom is 0.184 e. The molecule has 3 aromatic rings. The maximum absolute atomic E-state index is 5.77. The van der Waals surface area contributed by atoms with Crippen LogP contribution in [0.5, 0.6) is 0 Å². The number of benzene rings is 2. The molecule has 0 fully saturated rings. The Hall–Kier alpha value is -1.59. The van der Waals surface area contributed by atoms with Crippen molar-refractivity contribution in [3.63, 3.8) is 0 Å². The number of nitrogens with one attached hydrogen (secondary N) is 1. The molecule has 96 valence electrons. The van der Waals surface area contributed by atoms with Crippen LogP contribution < -0.4 is 11.1 Å². The molecule has 0 radical (unpaired) electrons. The highest BCUT2D eigenvalue weighted by molar-refractivity contribution is 9.10. The summed E-state index contributed by atoms with van der Waals surface area (Å²) in [6, 6.07) is 13.9. The molecule has 0 saturated carbocycles. The van der Waals surface area contributed by atoms with Crippen LogP contribution in [0, 0.1) is 0 Å². The lowest BCUT2D eigenvalue weighted by Gasteiger charge is -2.04. The number of nitrogen functional groups attached to an aromatic ring is 1. The topological polar surface area (TPSA) is 50.9 Å². The number of anilines is 2. The summed E-state index contributed by atoms with van der Waals surface area (Å²) in [6.45, 7) is 0.747. The van der Waals surface area contributed by atoms with Crippen LogP contribution in [0.15, 0.2) is 46.9 Å². The minimum atomic E-state index is 0.747. The molecule has 0 bridgehead atoms. The summed E-state index contributed by atoms with van der Waals surface area (Å²) in [5, 5.41) is 4.26. The molecule has 0 amide bonds. The van der Waals surface area contributed by atoms with Crippen LogP contribution >= 0.6 is 27.3 Å². The standard InChI is InChI=1S/C14H12BrN3S/c15-11-4-2-1-3-9(11)8-17-14-18-12-6-5-10(16)7-13(12)19-14/h1-7H,8,16H2,(H,17,18). The minimum Gasteiger partial charge on any atom is -0.399 e. The van der Waals surface area contributed by atoms with Crippen LogP contribution in [0.25, 0.3) is 10.2 Å². The number of halogens is 1. The molecule has 0 spiro atoms. The van der Waals surface area contributed by atoms with E-state index in [4.69, 9.17) is 5.73 Å². The lowest BCUT2D eigenvalue weighted by atomic mass is 10.2. The van der Waals surface area contributed by atoms with Crippen molar-refractivity contribution in [3.05, 3.63) is 52.5 Å². The summed E-state index contributed by atoms with van der Waals surface area (Å²) in [4.78, 5) is 4.54. The molecule has 1 heterocycles. The molecule has 3 rings (SSSR count). The third-order valence-corrected chi connectivity index (χ3v) is 4.55. The second kappa shape index (κ2) is 5.19. The average molecular weight is 334 g/mol. The number of fused-ring (bicyclic) bond motifs is 1. The van der Waals surface area contributed by atoms with Crippen molar-refractivity contribution in [1.29, 1.82) is 0 Å². The fourth-order valence-electron chi connectivity index (χ4n) is 1.83. The van der Waals surface area contributed by atoms with Crippen molar-refractivity contribution in [2.45, 2.75) is 6.54 Å². The van der Waals surface area contributed by atoms with E-state index in [0.29, 0.717) is 0 Å². The van der Waals surface area contributed by atoms with Crippen LogP contribution in [0.2, 0.25) is 0 Å². The zero-order valence-electron chi connectivity index (χ0n) is 10.1. The Morgan fingerprint density at radius 1 is 1.21 bits per heavy atom. The highest BCUT2D eigenvalue weighted by Crippen LogP contribution is 2.28. The molecule has 19 heavy (non-hydrogen) atoms. The number of thiazole rings is 1. The summed E-state index contributed by atoms with van der Waals surface area (Å²) in [5.41, 5.74) is 8.73. The van der Waals surface area contributed by atoms with E-state index in [1.54, 1.807) is 11.3 Å². The Morgan fingerprint density at radius 2 is 2.05 bits per heavy atom. The molecule has 0 aliphatic carbocycles. The Labute approximate surface area is 123 Å². The summed E-state index contributed by atoms with van der Waals surface area (Å²) >= 11 is 5.16. The van der Waals surface area contributed by atoms with Crippen molar-refractivity contribution in [3.8, 4) is 0 Å². The first-order valence-corrected chi connectivity index (χ1v) is 7.47. The van der Waals surface area contributed by atoms with Gasteiger partial charge in [-0.2, -0.15) is 0 Å². The zero-order chi connectivity index (χ0) is 13.2. The largest absolute Gasteiger partial charge is 0.399 e. The molecule has 5 heteroatoms. The van der Waals surface area contributed by atoms with Gasteiger partial charge >= 0.3 is 0 Å². The molecule has 1 aromatic heterocycles. The van der Waals surface area contributed by atoms with Gasteiger partial charge in [0.15, 0.2) is 5.13 Å². The molecule has 0 aliphatic rings. The van der Waals surface area contributed by atoms with Crippen molar-refractivity contribution >= 4 is 48.3 Å². The van der Waals surface area contributed by atoms with Crippen LogP contribution in [0.4, 0.5) is 10.8 Å². The van der Waals surface area contributed by atoms with E-state index >= 15 is 0 Å². The van der Waals surface area contributed by atoms with Gasteiger partial charge in [0.1, 0.15) is 0 Å². The second-order valence-corrected chi connectivity index (χ2v) is 6.08. The minimum absolute atomic E-state index is 0.747. The third-order valence-electron chi connectivity index (χ3n) is 2.80. The van der Waals surface area contributed by atoms with E-state index in [1.807, 2.05) is 36.4 Å². The quantitative estimate of drug-likeness (QED) is 0.704. The number of rotatable bonds is 3. The van der Waals surface area contributed by atoms with E-state index < -0.39 is 0 Å². The Morgan fingerprint density at radius 3 is 2.89 bits per heavy atom. The predicted octanol–water partition coefficient (Wildman–Crippen LogP) is 4.25. The van der Waals surface area contributed by atoms with Crippen LogP contribution in [0.1, 0.15) is 5.56 Å². The first kappa shape index (κ1) is 12.4. The second-order valence-electron chi connectivity index (χ2n) is 4.19. The molecule has 3 N–H and O–H groups in total. The first-order chi connectivity index (χ1) is 9.22. The summed E-state index contributed by atoms with van der Waals surface area (Å²) in [6.07, 6.45) is 0. The van der Waals surface area contributed by atoms with Gasteiger partial charge in [0, 0.05) is 16.7 Å². The van der Waals surface area contributed by atoms with Crippen LogP contribution in [-0.4, -0.2) is 4.98 Å². The van der Waals surface area contributed by atoms with Gasteiger partial charge in [0.05, 0.1) is 10.2 Å². The lowest BCUT2D eigenvalue weighted by molar-refractivity contribution is 1.13. The van der Waals surface area contributed by atoms with E-state index in [9.17, 15) is 0 Å². The SMILES string of the molecule is Nc1ccc2nc(NCc3ccccc3Br)sc2c1. The van der Waals surface area contributed by atoms with Crippen LogP contribution in [-0.2, 0) is 6.54 Å². The van der Waals surface area contributed by atoms with E-state index in [-0.39, 0.29) is 0 Å². The van der Waals surface area contributed by atoms with Crippen molar-refractivity contribution < 1.29 is 0 Å². The molecular weight excluding hydrogens is 322 g/mol. The highest BCUT2D eigenvalue weighted by atomic mass is 79.9. The molecule has 2 aromatic carbocycles. The molecule has 0 aliphatic heterocycles. The fraction of sp³-hybridized carbons (Fsp3) is 0.0714. The lowest BCUT2D eigenvalue weighted by Crippen LogP contribution is -1.99. The number of hydrogen-bond donors (Lipinski definition) is 2. The number of aromatic nitrogens is 1. The van der Waals surface area contributed by atoms with Crippen LogP contribution in [0.3, 0.4) is 0 Å². The number of hydrogen-bond acceptors (Lipinski definition) is 4. The summed E-state index contributed by atoms with van der Waals surface area (Å²) in [7, 11) is 0. The third kappa shape index (κ3) is 2.72. The van der Waals surface area contributed by atoms with Crippen molar-refractivity contribution in [2.75, 3.05) is 11.1 Å². The monoisotopic (exact) mass is 333 g/mol. The summed E-state index contributed by atoms with van der Waals surface area (Å²) < 4.78 is 2.21. The van der Waals surface area contributed by atoms with Gasteiger partial charge in [0.25, 0.3) is 0 Å². The van der Waals surface area contributed by atoms with E-state index in [1.165, 1.54) is 5.56 Å². The van der Waals surface area contributed by atoms with Crippen molar-refractivity contribution in [2.24, 2.45) is 0 Å². The first-order valence-electron chi connectivity index (χ1n) is 5.86. The fourth-order valence-corrected chi connectivity index (χ4v) is 3.16. The van der Waals surface area contributed by atoms with Gasteiger partial charge in [-0.3, -0.25) is 0 Å². The molecular formula is C14H12BrN3S. The van der Waals surface area contributed by atoms with Gasteiger partial charge in [-0.1, -0.05) is 45.5 Å². The smallest absolute Gasteiger partial charge is 0.184 e. The molecule has 0 unspecified atom stereocenters. The Bertz CT molecular complexity index is 724. The zero-order valence-corrected chi connectivity index (χ0v) is 12.5. The maximum atomic E-state index is 5.77. The van der Waals surface area contributed by atoms with Gasteiger partial charge < -0.3 is 11.1 Å². The Kier molecular flexibility index (Phi) is 3.40. The molecule has 0 saturated heterocycles. The normalized spacial score (nSPS) is 10.8. The molecule has 0 atom stereocenters. The molecule has 3 nitrogen and oxygen atoms in total. The highest BCUT2D eigenvalue weighted by Gasteiger charge is 2.04.